The van der Waals surface area contributed by atoms with Gasteiger partial charge in [-0.3, -0.25) is 4.79 Å². The number of phenols is 1. The van der Waals surface area contributed by atoms with Crippen LogP contribution in [0.5, 0.6) is 5.75 Å². The summed E-state index contributed by atoms with van der Waals surface area (Å²) in [4.78, 5) is 11.8. The molecule has 0 spiro atoms. The van der Waals surface area contributed by atoms with Crippen LogP contribution in [0.3, 0.4) is 0 Å². The van der Waals surface area contributed by atoms with Gasteiger partial charge in [0, 0.05) is 13.7 Å². The van der Waals surface area contributed by atoms with Crippen molar-refractivity contribution in [2.75, 3.05) is 20.3 Å². The molecule has 1 unspecified atom stereocenters. The summed E-state index contributed by atoms with van der Waals surface area (Å²) >= 11 is 5.94. The van der Waals surface area contributed by atoms with Crippen LogP contribution in [0.25, 0.3) is 0 Å². The number of ether oxygens (including phenoxy) is 1. The number of alkyl halides is 1. The van der Waals surface area contributed by atoms with Gasteiger partial charge in [-0.25, -0.2) is 0 Å². The van der Waals surface area contributed by atoms with Crippen molar-refractivity contribution in [2.45, 2.75) is 18.7 Å². The molecule has 0 heterocycles. The number of halogens is 1. The highest BCUT2D eigenvalue weighted by Gasteiger charge is 2.11. The van der Waals surface area contributed by atoms with Crippen LogP contribution in [-0.4, -0.2) is 36.7 Å². The van der Waals surface area contributed by atoms with E-state index in [9.17, 15) is 9.90 Å². The topological polar surface area (TPSA) is 58.6 Å². The summed E-state index contributed by atoms with van der Waals surface area (Å²) in [5, 5.41) is 12.2. The third-order valence-corrected chi connectivity index (χ3v) is 2.83. The molecular formula is C13H18ClNO3. The van der Waals surface area contributed by atoms with Gasteiger partial charge < -0.3 is 15.2 Å². The van der Waals surface area contributed by atoms with Gasteiger partial charge in [0.15, 0.2) is 0 Å². The zero-order chi connectivity index (χ0) is 13.5. The summed E-state index contributed by atoms with van der Waals surface area (Å²) in [6.45, 7) is 2.76. The lowest BCUT2D eigenvalue weighted by molar-refractivity contribution is 0.0949. The van der Waals surface area contributed by atoms with Gasteiger partial charge in [-0.15, -0.1) is 11.6 Å². The van der Waals surface area contributed by atoms with Gasteiger partial charge in [-0.1, -0.05) is 11.6 Å². The lowest BCUT2D eigenvalue weighted by Crippen LogP contribution is -2.27. The molecule has 1 atom stereocenters. The Hall–Kier alpha value is -1.26. The van der Waals surface area contributed by atoms with Crippen LogP contribution < -0.4 is 5.32 Å². The molecule has 1 amide bonds. The molecule has 1 rings (SSSR count). The number of hydrogen-bond acceptors (Lipinski definition) is 3. The molecule has 0 radical (unpaired) electrons. The quantitative estimate of drug-likeness (QED) is 0.779. The molecule has 0 aliphatic carbocycles. The average Bonchev–Trinajstić information content (AvgIpc) is 2.32. The van der Waals surface area contributed by atoms with Crippen molar-refractivity contribution in [1.82, 2.24) is 5.32 Å². The second kappa shape index (κ2) is 7.24. The number of nitrogens with one attached hydrogen (secondary N) is 1. The molecular weight excluding hydrogens is 254 g/mol. The van der Waals surface area contributed by atoms with Crippen LogP contribution in [0, 0.1) is 6.92 Å². The predicted octanol–water partition coefficient (Wildman–Crippen LogP) is 2.07. The Morgan fingerprint density at radius 1 is 1.56 bits per heavy atom. The first-order chi connectivity index (χ1) is 8.54. The first-order valence-electron chi connectivity index (χ1n) is 5.75. The highest BCUT2D eigenvalue weighted by molar-refractivity contribution is 6.20. The van der Waals surface area contributed by atoms with E-state index in [-0.39, 0.29) is 22.6 Å². The minimum atomic E-state index is -0.294. The van der Waals surface area contributed by atoms with Crippen molar-refractivity contribution >= 4 is 17.5 Å². The van der Waals surface area contributed by atoms with Gasteiger partial charge in [0.1, 0.15) is 5.75 Å². The molecule has 18 heavy (non-hydrogen) atoms. The molecule has 0 aliphatic heterocycles. The molecule has 1 aromatic carbocycles. The summed E-state index contributed by atoms with van der Waals surface area (Å²) in [6.07, 6.45) is 0.619. The van der Waals surface area contributed by atoms with Gasteiger partial charge in [0.2, 0.25) is 0 Å². The van der Waals surface area contributed by atoms with E-state index in [1.54, 1.807) is 19.2 Å². The largest absolute Gasteiger partial charge is 0.507 e. The molecule has 0 aliphatic rings. The molecule has 5 heteroatoms. The third kappa shape index (κ3) is 4.55. The maximum absolute atomic E-state index is 11.8. The van der Waals surface area contributed by atoms with Crippen LogP contribution in [-0.2, 0) is 4.74 Å². The van der Waals surface area contributed by atoms with Crippen LogP contribution in [0.15, 0.2) is 18.2 Å². The highest BCUT2D eigenvalue weighted by atomic mass is 35.5. The minimum Gasteiger partial charge on any atom is -0.507 e. The zero-order valence-corrected chi connectivity index (χ0v) is 11.3. The van der Waals surface area contributed by atoms with Gasteiger partial charge in [0.25, 0.3) is 5.91 Å². The highest BCUT2D eigenvalue weighted by Crippen LogP contribution is 2.17. The van der Waals surface area contributed by atoms with Gasteiger partial charge in [-0.2, -0.15) is 0 Å². The second-order valence-corrected chi connectivity index (χ2v) is 4.74. The van der Waals surface area contributed by atoms with Gasteiger partial charge in [-0.05, 0) is 25.5 Å². The number of benzene rings is 1. The molecule has 100 valence electrons. The Kier molecular flexibility index (Phi) is 5.95. The van der Waals surface area contributed by atoms with E-state index in [1.165, 1.54) is 6.07 Å². The maximum atomic E-state index is 11.8. The third-order valence-electron chi connectivity index (χ3n) is 2.49. The van der Waals surface area contributed by atoms with Crippen molar-refractivity contribution in [3.05, 3.63) is 29.3 Å². The number of hydrogen-bond donors (Lipinski definition) is 2. The summed E-state index contributed by atoms with van der Waals surface area (Å²) < 4.78 is 4.90. The van der Waals surface area contributed by atoms with E-state index in [0.717, 1.165) is 5.56 Å². The van der Waals surface area contributed by atoms with Crippen LogP contribution in [0.4, 0.5) is 0 Å². The Bertz CT molecular complexity index is 409. The lowest BCUT2D eigenvalue weighted by atomic mass is 10.1. The van der Waals surface area contributed by atoms with Crippen LogP contribution in [0.2, 0.25) is 0 Å². The van der Waals surface area contributed by atoms with Crippen molar-refractivity contribution in [1.29, 1.82) is 0 Å². The molecule has 2 N–H and O–H groups in total. The summed E-state index contributed by atoms with van der Waals surface area (Å²) in [7, 11) is 1.58. The number of rotatable bonds is 6. The Balaban J connectivity index is 2.48. The van der Waals surface area contributed by atoms with E-state index in [1.807, 2.05) is 6.92 Å². The molecule has 0 saturated heterocycles. The Labute approximate surface area is 112 Å². The van der Waals surface area contributed by atoms with Crippen LogP contribution in [0.1, 0.15) is 22.3 Å². The van der Waals surface area contributed by atoms with Gasteiger partial charge in [0.05, 0.1) is 17.5 Å². The SMILES string of the molecule is COCC(Cl)CCNC(=O)c1cc(C)ccc1O. The number of carbonyl (C=O) groups is 1. The standard InChI is InChI=1S/C13H18ClNO3/c1-9-3-4-12(16)11(7-9)13(17)15-6-5-10(14)8-18-2/h3-4,7,10,16H,5-6,8H2,1-2H3,(H,15,17). The van der Waals surface area contributed by atoms with Crippen molar-refractivity contribution < 1.29 is 14.6 Å². The molecule has 0 saturated carbocycles. The number of amides is 1. The lowest BCUT2D eigenvalue weighted by Gasteiger charge is -2.10. The van der Waals surface area contributed by atoms with Gasteiger partial charge >= 0.3 is 0 Å². The van der Waals surface area contributed by atoms with Crippen molar-refractivity contribution in [2.24, 2.45) is 0 Å². The maximum Gasteiger partial charge on any atom is 0.255 e. The Morgan fingerprint density at radius 3 is 2.94 bits per heavy atom. The minimum absolute atomic E-state index is 0.0163. The van der Waals surface area contributed by atoms with E-state index in [2.05, 4.69) is 5.32 Å². The molecule has 4 nitrogen and oxygen atoms in total. The number of carbonyl (C=O) groups excluding carboxylic acids is 1. The van der Waals surface area contributed by atoms with E-state index in [0.29, 0.717) is 19.6 Å². The van der Waals surface area contributed by atoms with Crippen molar-refractivity contribution in [3.63, 3.8) is 0 Å². The normalized spacial score (nSPS) is 12.2. The van der Waals surface area contributed by atoms with E-state index >= 15 is 0 Å². The molecule has 0 aromatic heterocycles. The Morgan fingerprint density at radius 2 is 2.28 bits per heavy atom. The molecule has 0 bridgehead atoms. The average molecular weight is 272 g/mol. The fourth-order valence-electron chi connectivity index (χ4n) is 1.53. The smallest absolute Gasteiger partial charge is 0.255 e. The number of aromatic hydroxyl groups is 1. The summed E-state index contributed by atoms with van der Waals surface area (Å²) in [5.74, 6) is -0.310. The first-order valence-corrected chi connectivity index (χ1v) is 6.19. The summed E-state index contributed by atoms with van der Waals surface area (Å²) in [6, 6.07) is 4.91. The van der Waals surface area contributed by atoms with E-state index < -0.39 is 0 Å². The number of methoxy groups -OCH3 is 1. The van der Waals surface area contributed by atoms with E-state index in [4.69, 9.17) is 16.3 Å². The fourth-order valence-corrected chi connectivity index (χ4v) is 1.77. The number of aryl methyl sites for hydroxylation is 1. The first kappa shape index (κ1) is 14.8. The van der Waals surface area contributed by atoms with Crippen molar-refractivity contribution in [3.8, 4) is 5.75 Å². The van der Waals surface area contributed by atoms with Crippen LogP contribution >= 0.6 is 11.6 Å². The predicted molar refractivity (Wildman–Crippen MR) is 71.3 cm³/mol. The fraction of sp³-hybridized carbons (Fsp3) is 0.462. The molecule has 1 aromatic rings. The monoisotopic (exact) mass is 271 g/mol. The second-order valence-electron chi connectivity index (χ2n) is 4.12. The summed E-state index contributed by atoms with van der Waals surface area (Å²) in [5.41, 5.74) is 1.21. The zero-order valence-electron chi connectivity index (χ0n) is 10.6. The molecule has 0 fully saturated rings. The number of phenolic OH excluding ortho intramolecular Hbond substituents is 1.